The average molecular weight is 299 g/mol. The SMILES string of the molecule is CS(=O)(=O)N1Cc2nccn2C[C@@H](COCC2CC2)C1. The third-order valence-corrected chi connectivity index (χ3v) is 5.13. The number of aromatic nitrogens is 2. The largest absolute Gasteiger partial charge is 0.381 e. The zero-order valence-electron chi connectivity index (χ0n) is 11.7. The van der Waals surface area contributed by atoms with Gasteiger partial charge in [-0.2, -0.15) is 4.31 Å². The third-order valence-electron chi connectivity index (χ3n) is 3.91. The maximum atomic E-state index is 11.9. The molecule has 1 atom stereocenters. The quantitative estimate of drug-likeness (QED) is 0.803. The lowest BCUT2D eigenvalue weighted by Gasteiger charge is -2.21. The van der Waals surface area contributed by atoms with E-state index in [0.29, 0.717) is 19.7 Å². The van der Waals surface area contributed by atoms with Crippen molar-refractivity contribution in [1.29, 1.82) is 0 Å². The van der Waals surface area contributed by atoms with Gasteiger partial charge in [-0.05, 0) is 18.8 Å². The molecule has 0 radical (unpaired) electrons. The van der Waals surface area contributed by atoms with Gasteiger partial charge in [0.05, 0.1) is 19.4 Å². The molecule has 0 unspecified atom stereocenters. The first-order valence-corrected chi connectivity index (χ1v) is 8.90. The molecule has 20 heavy (non-hydrogen) atoms. The minimum absolute atomic E-state index is 0.180. The molecule has 0 saturated heterocycles. The van der Waals surface area contributed by atoms with Crippen LogP contribution in [0.3, 0.4) is 0 Å². The van der Waals surface area contributed by atoms with Crippen LogP contribution in [0.2, 0.25) is 0 Å². The van der Waals surface area contributed by atoms with Crippen LogP contribution >= 0.6 is 0 Å². The normalized spacial score (nSPS) is 24.4. The molecule has 3 rings (SSSR count). The van der Waals surface area contributed by atoms with Crippen molar-refractivity contribution in [3.05, 3.63) is 18.2 Å². The van der Waals surface area contributed by atoms with Crippen molar-refractivity contribution in [2.45, 2.75) is 25.9 Å². The van der Waals surface area contributed by atoms with Crippen molar-refractivity contribution < 1.29 is 13.2 Å². The smallest absolute Gasteiger partial charge is 0.211 e. The Morgan fingerprint density at radius 1 is 1.30 bits per heavy atom. The Kier molecular flexibility index (Phi) is 3.83. The summed E-state index contributed by atoms with van der Waals surface area (Å²) in [6, 6.07) is 0. The molecule has 1 aromatic heterocycles. The van der Waals surface area contributed by atoms with Gasteiger partial charge in [0.1, 0.15) is 5.82 Å². The van der Waals surface area contributed by atoms with Crippen LogP contribution in [0, 0.1) is 11.8 Å². The summed E-state index contributed by atoms with van der Waals surface area (Å²) in [7, 11) is -3.21. The predicted molar refractivity (Wildman–Crippen MR) is 74.5 cm³/mol. The van der Waals surface area contributed by atoms with Crippen LogP contribution in [-0.2, 0) is 27.8 Å². The van der Waals surface area contributed by atoms with E-state index < -0.39 is 10.0 Å². The second-order valence-electron chi connectivity index (χ2n) is 5.90. The molecule has 0 spiro atoms. The number of imidazole rings is 1. The summed E-state index contributed by atoms with van der Waals surface area (Å²) < 4.78 is 33.0. The van der Waals surface area contributed by atoms with Crippen molar-refractivity contribution in [2.24, 2.45) is 11.8 Å². The topological polar surface area (TPSA) is 64.4 Å². The van der Waals surface area contributed by atoms with E-state index in [0.717, 1.165) is 24.9 Å². The minimum Gasteiger partial charge on any atom is -0.381 e. The molecule has 1 aliphatic carbocycles. The van der Waals surface area contributed by atoms with Gasteiger partial charge in [0.25, 0.3) is 0 Å². The van der Waals surface area contributed by atoms with Gasteiger partial charge in [-0.1, -0.05) is 0 Å². The van der Waals surface area contributed by atoms with Crippen LogP contribution in [0.15, 0.2) is 12.4 Å². The highest BCUT2D eigenvalue weighted by molar-refractivity contribution is 7.88. The summed E-state index contributed by atoms with van der Waals surface area (Å²) in [4.78, 5) is 4.25. The Morgan fingerprint density at radius 2 is 2.05 bits per heavy atom. The lowest BCUT2D eigenvalue weighted by Crippen LogP contribution is -2.34. The van der Waals surface area contributed by atoms with Crippen molar-refractivity contribution in [2.75, 3.05) is 26.0 Å². The van der Waals surface area contributed by atoms with E-state index in [1.807, 2.05) is 10.8 Å². The maximum Gasteiger partial charge on any atom is 0.211 e. The van der Waals surface area contributed by atoms with Crippen LogP contribution in [0.25, 0.3) is 0 Å². The van der Waals surface area contributed by atoms with Gasteiger partial charge in [-0.15, -0.1) is 0 Å². The van der Waals surface area contributed by atoms with Gasteiger partial charge in [0, 0.05) is 38.0 Å². The molecule has 0 N–H and O–H groups in total. The summed E-state index contributed by atoms with van der Waals surface area (Å²) in [5.74, 6) is 1.72. The number of sulfonamides is 1. The van der Waals surface area contributed by atoms with Gasteiger partial charge >= 0.3 is 0 Å². The molecule has 0 aromatic carbocycles. The molecular weight excluding hydrogens is 278 g/mol. The van der Waals surface area contributed by atoms with Crippen molar-refractivity contribution in [3.63, 3.8) is 0 Å². The Morgan fingerprint density at radius 3 is 2.75 bits per heavy atom. The molecule has 2 aliphatic rings. The maximum absolute atomic E-state index is 11.9. The summed E-state index contributed by atoms with van der Waals surface area (Å²) in [6.45, 7) is 3.05. The molecule has 1 aliphatic heterocycles. The lowest BCUT2D eigenvalue weighted by atomic mass is 10.1. The molecule has 112 valence electrons. The van der Waals surface area contributed by atoms with Gasteiger partial charge in [0.2, 0.25) is 10.0 Å². The van der Waals surface area contributed by atoms with E-state index in [-0.39, 0.29) is 5.92 Å². The fraction of sp³-hybridized carbons (Fsp3) is 0.769. The van der Waals surface area contributed by atoms with Crippen molar-refractivity contribution in [1.82, 2.24) is 13.9 Å². The predicted octanol–water partition coefficient (Wildman–Crippen LogP) is 0.701. The number of hydrogen-bond acceptors (Lipinski definition) is 4. The van der Waals surface area contributed by atoms with Gasteiger partial charge in [-0.3, -0.25) is 0 Å². The van der Waals surface area contributed by atoms with Crippen LogP contribution in [0.4, 0.5) is 0 Å². The van der Waals surface area contributed by atoms with E-state index in [9.17, 15) is 8.42 Å². The van der Waals surface area contributed by atoms with Crippen molar-refractivity contribution >= 4 is 10.0 Å². The first kappa shape index (κ1) is 14.0. The van der Waals surface area contributed by atoms with E-state index in [1.54, 1.807) is 6.20 Å². The second-order valence-corrected chi connectivity index (χ2v) is 7.88. The number of nitrogens with zero attached hydrogens (tertiary/aromatic N) is 3. The zero-order valence-corrected chi connectivity index (χ0v) is 12.6. The van der Waals surface area contributed by atoms with E-state index in [2.05, 4.69) is 4.98 Å². The number of fused-ring (bicyclic) bond motifs is 1. The number of rotatable bonds is 5. The first-order valence-electron chi connectivity index (χ1n) is 7.05. The number of ether oxygens (including phenoxy) is 1. The summed E-state index contributed by atoms with van der Waals surface area (Å²) in [6.07, 6.45) is 7.43. The van der Waals surface area contributed by atoms with Gasteiger partial charge in [-0.25, -0.2) is 13.4 Å². The summed E-state index contributed by atoms with van der Waals surface area (Å²) in [5, 5.41) is 0. The highest BCUT2D eigenvalue weighted by Gasteiger charge is 2.28. The molecule has 7 heteroatoms. The highest BCUT2D eigenvalue weighted by Crippen LogP contribution is 2.29. The highest BCUT2D eigenvalue weighted by atomic mass is 32.2. The molecular formula is C13H21N3O3S. The molecule has 0 amide bonds. The monoisotopic (exact) mass is 299 g/mol. The Labute approximate surface area is 119 Å². The Hall–Kier alpha value is -0.920. The number of hydrogen-bond donors (Lipinski definition) is 0. The lowest BCUT2D eigenvalue weighted by molar-refractivity contribution is 0.0809. The first-order chi connectivity index (χ1) is 9.52. The van der Waals surface area contributed by atoms with Crippen LogP contribution in [0.5, 0.6) is 0 Å². The van der Waals surface area contributed by atoms with Gasteiger partial charge < -0.3 is 9.30 Å². The van der Waals surface area contributed by atoms with E-state index >= 15 is 0 Å². The Balaban J connectivity index is 1.69. The Bertz CT molecular complexity index is 565. The third kappa shape index (κ3) is 3.39. The molecule has 1 aromatic rings. The fourth-order valence-electron chi connectivity index (χ4n) is 2.55. The van der Waals surface area contributed by atoms with Crippen LogP contribution < -0.4 is 0 Å². The zero-order chi connectivity index (χ0) is 14.2. The molecule has 0 bridgehead atoms. The summed E-state index contributed by atoms with van der Waals surface area (Å²) in [5.41, 5.74) is 0. The fourth-order valence-corrected chi connectivity index (χ4v) is 3.38. The minimum atomic E-state index is -3.21. The summed E-state index contributed by atoms with van der Waals surface area (Å²) >= 11 is 0. The van der Waals surface area contributed by atoms with Crippen LogP contribution in [-0.4, -0.2) is 48.3 Å². The average Bonchev–Trinajstić information content (AvgIpc) is 3.12. The van der Waals surface area contributed by atoms with E-state index in [1.165, 1.54) is 23.4 Å². The van der Waals surface area contributed by atoms with Crippen LogP contribution in [0.1, 0.15) is 18.7 Å². The molecule has 2 heterocycles. The van der Waals surface area contributed by atoms with Gasteiger partial charge in [0.15, 0.2) is 0 Å². The standard InChI is InChI=1S/C13H21N3O3S/c1-20(17,18)16-7-12(10-19-9-11-2-3-11)6-15-5-4-14-13(15)8-16/h4-5,11-12H,2-3,6-10H2,1H3/t12-/m1/s1. The second kappa shape index (κ2) is 5.46. The molecule has 1 saturated carbocycles. The molecule has 6 nitrogen and oxygen atoms in total. The van der Waals surface area contributed by atoms with E-state index in [4.69, 9.17) is 4.74 Å². The van der Waals surface area contributed by atoms with Crippen molar-refractivity contribution in [3.8, 4) is 0 Å². The molecule has 1 fully saturated rings.